The SMILES string of the molecule is [C-]#[N+]c1c(-n2c3ccccc3c3ccccc32)c(C#N)c(-n2c3ccc(C(F)(F)F)cc3c3cc(C(F)(F)F)ccc32)c(-n2c3ccc(C)cc3c3cc(C(F)(F)F)ccc32)c1-n1c2ccc(C)cc2c2cc(C)ccc21. The summed E-state index contributed by atoms with van der Waals surface area (Å²) >= 11 is 0. The van der Waals surface area contributed by atoms with Crippen LogP contribution in [0.5, 0.6) is 0 Å². The fourth-order valence-corrected chi connectivity index (χ4v) is 11.6. The van der Waals surface area contributed by atoms with Gasteiger partial charge in [0.1, 0.15) is 6.07 Å². The molecule has 0 aliphatic carbocycles. The van der Waals surface area contributed by atoms with Crippen LogP contribution < -0.4 is 0 Å². The molecule has 0 spiro atoms. The minimum Gasteiger partial charge on any atom is -0.318 e. The Morgan fingerprint density at radius 3 is 1.01 bits per heavy atom. The minimum absolute atomic E-state index is 0.0271. The van der Waals surface area contributed by atoms with Gasteiger partial charge in [-0.15, -0.1) is 0 Å². The Kier molecular flexibility index (Phi) is 9.98. The predicted octanol–water partition coefficient (Wildman–Crippen LogP) is 18.5. The molecule has 4 aromatic heterocycles. The first-order chi connectivity index (χ1) is 36.8. The van der Waals surface area contributed by atoms with Crippen LogP contribution in [-0.4, -0.2) is 18.3 Å². The Labute approximate surface area is 430 Å². The lowest BCUT2D eigenvalue weighted by atomic mass is 10.0. The van der Waals surface area contributed by atoms with Gasteiger partial charge in [-0.3, -0.25) is 0 Å². The van der Waals surface area contributed by atoms with Crippen LogP contribution in [0.4, 0.5) is 45.2 Å². The molecule has 0 atom stereocenters. The lowest BCUT2D eigenvalue weighted by molar-refractivity contribution is -0.138. The van der Waals surface area contributed by atoms with Gasteiger partial charge in [0.25, 0.3) is 0 Å². The van der Waals surface area contributed by atoms with Gasteiger partial charge >= 0.3 is 18.5 Å². The van der Waals surface area contributed by atoms with E-state index in [-0.39, 0.29) is 66.7 Å². The van der Waals surface area contributed by atoms with Gasteiger partial charge in [-0.1, -0.05) is 71.3 Å². The van der Waals surface area contributed by atoms with E-state index in [9.17, 15) is 51.3 Å². The number of fused-ring (bicyclic) bond motifs is 12. The van der Waals surface area contributed by atoms with Crippen LogP contribution in [0.15, 0.2) is 158 Å². The molecule has 0 radical (unpaired) electrons. The number of para-hydroxylation sites is 2. The van der Waals surface area contributed by atoms with Gasteiger partial charge in [0.05, 0.1) is 95.7 Å². The quantitative estimate of drug-likeness (QED) is 0.128. The van der Waals surface area contributed by atoms with E-state index >= 15 is 0 Å². The van der Waals surface area contributed by atoms with Gasteiger partial charge in [0.2, 0.25) is 5.69 Å². The molecular weight excluding hydrogens is 1000 g/mol. The second kappa shape index (κ2) is 16.3. The van der Waals surface area contributed by atoms with E-state index in [4.69, 9.17) is 0 Å². The second-order valence-corrected chi connectivity index (χ2v) is 19.5. The van der Waals surface area contributed by atoms with Gasteiger partial charge in [-0.25, -0.2) is 4.85 Å². The zero-order chi connectivity index (χ0) is 53.8. The first kappa shape index (κ1) is 47.3. The third-order valence-corrected chi connectivity index (χ3v) is 14.8. The van der Waals surface area contributed by atoms with E-state index in [2.05, 4.69) is 10.9 Å². The number of rotatable bonds is 4. The van der Waals surface area contributed by atoms with E-state index in [0.717, 1.165) is 81.2 Å². The highest BCUT2D eigenvalue weighted by atomic mass is 19.4. The maximum Gasteiger partial charge on any atom is 0.416 e. The lowest BCUT2D eigenvalue weighted by Gasteiger charge is -2.27. The molecular formula is C62H35F9N6. The normalized spacial score (nSPS) is 12.6. The van der Waals surface area contributed by atoms with Crippen molar-refractivity contribution in [3.05, 3.63) is 208 Å². The summed E-state index contributed by atoms with van der Waals surface area (Å²) in [5.74, 6) is 0. The summed E-state index contributed by atoms with van der Waals surface area (Å²) in [5.41, 5.74) is 1.73. The molecule has 0 aliphatic heterocycles. The Morgan fingerprint density at radius 2 is 0.662 bits per heavy atom. The topological polar surface area (TPSA) is 47.9 Å². The zero-order valence-electron chi connectivity index (χ0n) is 40.6. The van der Waals surface area contributed by atoms with Crippen molar-refractivity contribution in [3.63, 3.8) is 0 Å². The summed E-state index contributed by atoms with van der Waals surface area (Å²) in [4.78, 5) is 4.40. The second-order valence-electron chi connectivity index (χ2n) is 19.5. The predicted molar refractivity (Wildman–Crippen MR) is 284 cm³/mol. The summed E-state index contributed by atoms with van der Waals surface area (Å²) in [5, 5.41) is 15.3. The molecule has 77 heavy (non-hydrogen) atoms. The maximum absolute atomic E-state index is 14.9. The van der Waals surface area contributed by atoms with Crippen molar-refractivity contribution >= 4 is 92.9 Å². The van der Waals surface area contributed by atoms with Crippen LogP contribution in [0, 0.1) is 38.7 Å². The summed E-state index contributed by atoms with van der Waals surface area (Å²) in [6.07, 6.45) is -14.7. The number of alkyl halides is 9. The van der Waals surface area contributed by atoms with Gasteiger partial charge in [0, 0.05) is 43.1 Å². The molecule has 6 nitrogen and oxygen atoms in total. The Bertz CT molecular complexity index is 4650. The molecule has 0 saturated heterocycles. The third kappa shape index (κ3) is 6.89. The first-order valence-corrected chi connectivity index (χ1v) is 24.1. The third-order valence-electron chi connectivity index (χ3n) is 14.8. The summed E-state index contributed by atoms with van der Waals surface area (Å²) in [6.45, 7) is 15.1. The van der Waals surface area contributed by atoms with Crippen molar-refractivity contribution in [2.75, 3.05) is 0 Å². The molecule has 0 N–H and O–H groups in total. The summed E-state index contributed by atoms with van der Waals surface area (Å²) in [7, 11) is 0. The Balaban J connectivity index is 1.38. The standard InChI is InChI=1S/C62H35F9N6/c1-32-13-19-49-40(25-32)41-26-33(2)14-20-50(41)76(49)58-55(73-4)56(74-47-11-7-5-9-38(47)39-10-6-8-12-48(39)74)46(31-72)57(59(58)77-51-21-15-34(3)27-42(51)43-28-35(60(63,64)65)18-24-54(43)77)75-52-22-16-36(61(66,67)68)29-44(52)45-30-37(62(69,70)71)17-23-53(45)75/h5-30H,1-3H3. The summed E-state index contributed by atoms with van der Waals surface area (Å²) < 4.78 is 140. The largest absolute Gasteiger partial charge is 0.416 e. The van der Waals surface area contributed by atoms with Crippen LogP contribution in [0.3, 0.4) is 0 Å². The number of nitriles is 1. The Morgan fingerprint density at radius 1 is 0.364 bits per heavy atom. The van der Waals surface area contributed by atoms with E-state index in [1.807, 2.05) is 91.2 Å². The van der Waals surface area contributed by atoms with Crippen LogP contribution in [0.25, 0.3) is 115 Å². The fraction of sp³-hybridized carbons (Fsp3) is 0.0968. The van der Waals surface area contributed by atoms with E-state index in [0.29, 0.717) is 38.5 Å². The van der Waals surface area contributed by atoms with E-state index < -0.39 is 35.2 Å². The molecule has 0 amide bonds. The molecule has 13 rings (SSSR count). The van der Waals surface area contributed by atoms with Crippen LogP contribution in [0.2, 0.25) is 0 Å². The van der Waals surface area contributed by atoms with Crippen molar-refractivity contribution in [2.45, 2.75) is 39.3 Å². The molecule has 4 heterocycles. The zero-order valence-corrected chi connectivity index (χ0v) is 40.6. The molecule has 15 heteroatoms. The van der Waals surface area contributed by atoms with Crippen molar-refractivity contribution in [1.29, 1.82) is 5.26 Å². The highest BCUT2D eigenvalue weighted by molar-refractivity contribution is 6.17. The molecule has 376 valence electrons. The number of hydrogen-bond acceptors (Lipinski definition) is 1. The smallest absolute Gasteiger partial charge is 0.318 e. The van der Waals surface area contributed by atoms with Crippen molar-refractivity contribution in [2.24, 2.45) is 0 Å². The highest BCUT2D eigenvalue weighted by Crippen LogP contribution is 2.53. The van der Waals surface area contributed by atoms with Gasteiger partial charge in [-0.2, -0.15) is 44.8 Å². The molecule has 13 aromatic rings. The van der Waals surface area contributed by atoms with Crippen LogP contribution in [-0.2, 0) is 18.5 Å². The van der Waals surface area contributed by atoms with Gasteiger partial charge < -0.3 is 18.3 Å². The number of halogens is 9. The van der Waals surface area contributed by atoms with Crippen LogP contribution >= 0.6 is 0 Å². The fourth-order valence-electron chi connectivity index (χ4n) is 11.6. The number of aromatic nitrogens is 4. The molecule has 0 unspecified atom stereocenters. The maximum atomic E-state index is 14.9. The van der Waals surface area contributed by atoms with Crippen molar-refractivity contribution in [3.8, 4) is 28.8 Å². The summed E-state index contributed by atoms with van der Waals surface area (Å²) in [6, 6.07) is 42.7. The highest BCUT2D eigenvalue weighted by Gasteiger charge is 2.38. The lowest BCUT2D eigenvalue weighted by Crippen LogP contribution is -2.15. The molecule has 9 aromatic carbocycles. The van der Waals surface area contributed by atoms with Crippen LogP contribution in [0.1, 0.15) is 38.9 Å². The minimum atomic E-state index is -4.94. The van der Waals surface area contributed by atoms with E-state index in [1.54, 1.807) is 46.4 Å². The first-order valence-electron chi connectivity index (χ1n) is 24.1. The van der Waals surface area contributed by atoms with Crippen molar-refractivity contribution in [1.82, 2.24) is 18.3 Å². The van der Waals surface area contributed by atoms with Crippen molar-refractivity contribution < 1.29 is 39.5 Å². The molecule has 0 bridgehead atoms. The molecule has 0 fully saturated rings. The van der Waals surface area contributed by atoms with Gasteiger partial charge in [0.15, 0.2) is 0 Å². The van der Waals surface area contributed by atoms with Gasteiger partial charge in [-0.05, 0) is 124 Å². The average Bonchev–Trinajstić information content (AvgIpc) is 4.34. The molecule has 0 aliphatic rings. The number of nitrogens with zero attached hydrogens (tertiary/aromatic N) is 6. The average molecular weight is 1030 g/mol. The monoisotopic (exact) mass is 1030 g/mol. The number of hydrogen-bond donors (Lipinski definition) is 0. The number of benzene rings is 9. The Hall–Kier alpha value is -9.47. The molecule has 0 saturated carbocycles. The number of aryl methyl sites for hydroxylation is 3. The van der Waals surface area contributed by atoms with E-state index in [1.165, 1.54) is 10.6 Å².